The molecule has 0 aliphatic carbocycles. The summed E-state index contributed by atoms with van der Waals surface area (Å²) >= 11 is 0. The first-order valence-corrected chi connectivity index (χ1v) is 6.95. The molecule has 0 aromatic heterocycles. The summed E-state index contributed by atoms with van der Waals surface area (Å²) in [6, 6.07) is 0.734. The van der Waals surface area contributed by atoms with Crippen molar-refractivity contribution in [2.75, 3.05) is 19.3 Å². The van der Waals surface area contributed by atoms with Crippen LogP contribution >= 0.6 is 0 Å². The van der Waals surface area contributed by atoms with Crippen LogP contribution < -0.4 is 5.32 Å². The Hall–Kier alpha value is -0.130. The van der Waals surface area contributed by atoms with Crippen LogP contribution in [0.1, 0.15) is 26.7 Å². The van der Waals surface area contributed by atoms with Gasteiger partial charge in [-0.15, -0.1) is 0 Å². The molecule has 0 spiro atoms. The molecule has 1 unspecified atom stereocenters. The largest absolute Gasteiger partial charge is 0.310 e. The minimum atomic E-state index is -3.00. The highest BCUT2D eigenvalue weighted by molar-refractivity contribution is 7.88. The smallest absolute Gasteiger partial charge is 0.211 e. The Labute approximate surface area is 86.7 Å². The molecule has 84 valence electrons. The molecule has 0 aromatic rings. The van der Waals surface area contributed by atoms with E-state index in [0.29, 0.717) is 25.2 Å². The van der Waals surface area contributed by atoms with Crippen molar-refractivity contribution in [1.82, 2.24) is 9.62 Å². The van der Waals surface area contributed by atoms with E-state index in [0.717, 1.165) is 12.8 Å². The third kappa shape index (κ3) is 3.55. The third-order valence-electron chi connectivity index (χ3n) is 2.42. The summed E-state index contributed by atoms with van der Waals surface area (Å²) in [7, 11) is -3.00. The van der Waals surface area contributed by atoms with Crippen molar-refractivity contribution < 1.29 is 8.42 Å². The second-order valence-corrected chi connectivity index (χ2v) is 6.26. The predicted molar refractivity (Wildman–Crippen MR) is 57.7 cm³/mol. The van der Waals surface area contributed by atoms with Gasteiger partial charge in [0.15, 0.2) is 0 Å². The average molecular weight is 220 g/mol. The molecular weight excluding hydrogens is 200 g/mol. The molecule has 0 saturated carbocycles. The molecule has 1 N–H and O–H groups in total. The highest BCUT2D eigenvalue weighted by atomic mass is 32.2. The van der Waals surface area contributed by atoms with Gasteiger partial charge in [0.25, 0.3) is 0 Å². The molecule has 14 heavy (non-hydrogen) atoms. The predicted octanol–water partition coefficient (Wildman–Crippen LogP) is 0.408. The molecule has 0 bridgehead atoms. The normalized spacial score (nSPS) is 25.6. The van der Waals surface area contributed by atoms with Gasteiger partial charge in [-0.3, -0.25) is 0 Å². The fraction of sp³-hybridized carbons (Fsp3) is 1.00. The molecule has 4 nitrogen and oxygen atoms in total. The zero-order valence-electron chi connectivity index (χ0n) is 9.16. The first-order valence-electron chi connectivity index (χ1n) is 5.11. The van der Waals surface area contributed by atoms with Gasteiger partial charge in [0.2, 0.25) is 10.0 Å². The maximum atomic E-state index is 11.3. The summed E-state index contributed by atoms with van der Waals surface area (Å²) in [5.41, 5.74) is 0. The van der Waals surface area contributed by atoms with Crippen molar-refractivity contribution >= 4 is 10.0 Å². The standard InChI is InChI=1S/C9H20N2O2S/c1-8(2)10-9-5-4-6-11(7-9)14(3,12)13/h8-10H,4-7H2,1-3H3. The number of hydrogen-bond acceptors (Lipinski definition) is 3. The maximum absolute atomic E-state index is 11.3. The van der Waals surface area contributed by atoms with E-state index in [4.69, 9.17) is 0 Å². The average Bonchev–Trinajstić information content (AvgIpc) is 2.01. The molecule has 1 aliphatic rings. The SMILES string of the molecule is CC(C)NC1CCCN(S(C)(=O)=O)C1. The van der Waals surface area contributed by atoms with Crippen molar-refractivity contribution in [2.24, 2.45) is 0 Å². The lowest BCUT2D eigenvalue weighted by Gasteiger charge is -2.32. The third-order valence-corrected chi connectivity index (χ3v) is 3.69. The summed E-state index contributed by atoms with van der Waals surface area (Å²) < 4.78 is 24.2. The van der Waals surface area contributed by atoms with Crippen LogP contribution in [0, 0.1) is 0 Å². The molecule has 1 atom stereocenters. The lowest BCUT2D eigenvalue weighted by molar-refractivity contribution is 0.274. The van der Waals surface area contributed by atoms with Crippen molar-refractivity contribution in [2.45, 2.75) is 38.8 Å². The minimum Gasteiger partial charge on any atom is -0.310 e. The summed E-state index contributed by atoms with van der Waals surface area (Å²) in [5, 5.41) is 3.38. The molecule has 0 aromatic carbocycles. The van der Waals surface area contributed by atoms with Gasteiger partial charge in [0.05, 0.1) is 6.26 Å². The maximum Gasteiger partial charge on any atom is 0.211 e. The Bertz CT molecular complexity index is 275. The zero-order chi connectivity index (χ0) is 10.8. The molecule has 5 heteroatoms. The van der Waals surface area contributed by atoms with Crippen LogP contribution in [0.5, 0.6) is 0 Å². The molecule has 1 rings (SSSR count). The van der Waals surface area contributed by atoms with E-state index >= 15 is 0 Å². The van der Waals surface area contributed by atoms with E-state index in [9.17, 15) is 8.42 Å². The summed E-state index contributed by atoms with van der Waals surface area (Å²) in [4.78, 5) is 0. The summed E-state index contributed by atoms with van der Waals surface area (Å²) in [6.45, 7) is 5.46. The molecule has 0 radical (unpaired) electrons. The topological polar surface area (TPSA) is 49.4 Å². The van der Waals surface area contributed by atoms with E-state index in [1.807, 2.05) is 0 Å². The van der Waals surface area contributed by atoms with Crippen LogP contribution in [0.3, 0.4) is 0 Å². The van der Waals surface area contributed by atoms with E-state index in [2.05, 4.69) is 19.2 Å². The van der Waals surface area contributed by atoms with Crippen LogP contribution in [0.15, 0.2) is 0 Å². The molecule has 1 aliphatic heterocycles. The number of rotatable bonds is 3. The number of nitrogens with zero attached hydrogens (tertiary/aromatic N) is 1. The number of sulfonamides is 1. The Balaban J connectivity index is 2.52. The second-order valence-electron chi connectivity index (χ2n) is 4.28. The molecular formula is C9H20N2O2S. The first kappa shape index (κ1) is 11.9. The lowest BCUT2D eigenvalue weighted by atomic mass is 10.1. The molecule has 1 heterocycles. The van der Waals surface area contributed by atoms with Gasteiger partial charge in [-0.05, 0) is 12.8 Å². The van der Waals surface area contributed by atoms with E-state index in [1.54, 1.807) is 4.31 Å². The van der Waals surface area contributed by atoms with Crippen molar-refractivity contribution in [3.8, 4) is 0 Å². The van der Waals surface area contributed by atoms with E-state index in [1.165, 1.54) is 6.26 Å². The van der Waals surface area contributed by atoms with Crippen LogP contribution in [0.25, 0.3) is 0 Å². The van der Waals surface area contributed by atoms with E-state index in [-0.39, 0.29) is 0 Å². The van der Waals surface area contributed by atoms with Gasteiger partial charge in [-0.2, -0.15) is 0 Å². The molecule has 1 saturated heterocycles. The monoisotopic (exact) mass is 220 g/mol. The Kier molecular flexibility index (Phi) is 3.92. The van der Waals surface area contributed by atoms with Crippen LogP contribution in [0.2, 0.25) is 0 Å². The number of piperidine rings is 1. The van der Waals surface area contributed by atoms with Crippen LogP contribution in [-0.2, 0) is 10.0 Å². The Morgan fingerprint density at radius 2 is 2.07 bits per heavy atom. The van der Waals surface area contributed by atoms with Crippen molar-refractivity contribution in [1.29, 1.82) is 0 Å². The summed E-state index contributed by atoms with van der Waals surface area (Å²) in [5.74, 6) is 0. The van der Waals surface area contributed by atoms with Crippen molar-refractivity contribution in [3.63, 3.8) is 0 Å². The number of hydrogen-bond donors (Lipinski definition) is 1. The van der Waals surface area contributed by atoms with Gasteiger partial charge in [0, 0.05) is 25.2 Å². The van der Waals surface area contributed by atoms with Gasteiger partial charge in [-0.25, -0.2) is 12.7 Å². The van der Waals surface area contributed by atoms with Crippen molar-refractivity contribution in [3.05, 3.63) is 0 Å². The van der Waals surface area contributed by atoms with E-state index < -0.39 is 10.0 Å². The number of nitrogens with one attached hydrogen (secondary N) is 1. The second kappa shape index (κ2) is 4.59. The van der Waals surface area contributed by atoms with Gasteiger partial charge < -0.3 is 5.32 Å². The summed E-state index contributed by atoms with van der Waals surface area (Å²) in [6.07, 6.45) is 3.31. The highest BCUT2D eigenvalue weighted by Gasteiger charge is 2.25. The Morgan fingerprint density at radius 1 is 1.43 bits per heavy atom. The van der Waals surface area contributed by atoms with Crippen LogP contribution in [0.4, 0.5) is 0 Å². The Morgan fingerprint density at radius 3 is 2.57 bits per heavy atom. The molecule has 0 amide bonds. The van der Waals surface area contributed by atoms with Gasteiger partial charge in [0.1, 0.15) is 0 Å². The quantitative estimate of drug-likeness (QED) is 0.749. The van der Waals surface area contributed by atoms with Gasteiger partial charge in [-0.1, -0.05) is 13.8 Å². The highest BCUT2D eigenvalue weighted by Crippen LogP contribution is 2.13. The first-order chi connectivity index (χ1) is 6.39. The lowest BCUT2D eigenvalue weighted by Crippen LogP contribution is -2.49. The zero-order valence-corrected chi connectivity index (χ0v) is 9.97. The molecule has 1 fully saturated rings. The van der Waals surface area contributed by atoms with Gasteiger partial charge >= 0.3 is 0 Å². The minimum absolute atomic E-state index is 0.318. The fourth-order valence-corrected chi connectivity index (χ4v) is 2.76. The fourth-order valence-electron chi connectivity index (χ4n) is 1.85. The van der Waals surface area contributed by atoms with Crippen LogP contribution in [-0.4, -0.2) is 44.2 Å².